The Labute approximate surface area is 120 Å². The fraction of sp³-hybridized carbons (Fsp3) is 0. The smallest absolute Gasteiger partial charge is 0.265 e. The number of hydrogen-bond acceptors (Lipinski definition) is 6. The number of carbonyl (C=O) groups excluding carboxylic acids is 2. The number of benzene rings is 2. The van der Waals surface area contributed by atoms with Crippen LogP contribution < -0.4 is 17.0 Å². The topological polar surface area (TPSA) is 139 Å². The maximum atomic E-state index is 10.8. The molecule has 0 aliphatic heterocycles. The molecule has 21 heavy (non-hydrogen) atoms. The van der Waals surface area contributed by atoms with Gasteiger partial charge in [0.05, 0.1) is 5.56 Å². The summed E-state index contributed by atoms with van der Waals surface area (Å²) in [6.45, 7) is 0. The van der Waals surface area contributed by atoms with E-state index in [1.54, 1.807) is 24.3 Å². The Kier molecular flexibility index (Phi) is 5.72. The van der Waals surface area contributed by atoms with Crippen LogP contribution in [-0.4, -0.2) is 22.4 Å². The van der Waals surface area contributed by atoms with Crippen LogP contribution in [0.15, 0.2) is 42.5 Å². The molecule has 0 fully saturated rings. The fourth-order valence-electron chi connectivity index (χ4n) is 1.35. The second kappa shape index (κ2) is 7.51. The summed E-state index contributed by atoms with van der Waals surface area (Å²) in [5.41, 5.74) is 8.73. The number of nitrogens with one attached hydrogen (secondary N) is 1. The van der Waals surface area contributed by atoms with Gasteiger partial charge in [-0.25, -0.2) is 5.84 Å². The minimum Gasteiger partial charge on any atom is -0.508 e. The molecule has 0 spiro atoms. The van der Waals surface area contributed by atoms with E-state index in [0.29, 0.717) is 17.5 Å². The molecule has 0 saturated heterocycles. The van der Waals surface area contributed by atoms with Gasteiger partial charge < -0.3 is 15.9 Å². The largest absolute Gasteiger partial charge is 0.508 e. The number of anilines is 1. The number of amides is 1. The molecular formula is C14H15N3O4. The van der Waals surface area contributed by atoms with Gasteiger partial charge in [0.2, 0.25) is 0 Å². The van der Waals surface area contributed by atoms with Gasteiger partial charge in [0.15, 0.2) is 6.29 Å². The number of aldehydes is 1. The number of hydrazine groups is 1. The van der Waals surface area contributed by atoms with Crippen molar-refractivity contribution in [1.82, 2.24) is 5.43 Å². The van der Waals surface area contributed by atoms with Crippen LogP contribution in [0.5, 0.6) is 11.5 Å². The Morgan fingerprint density at radius 3 is 2.19 bits per heavy atom. The van der Waals surface area contributed by atoms with Crippen molar-refractivity contribution in [3.05, 3.63) is 53.6 Å². The second-order valence-electron chi connectivity index (χ2n) is 3.96. The Balaban J connectivity index is 0.000000211. The van der Waals surface area contributed by atoms with Crippen LogP contribution in [0.2, 0.25) is 0 Å². The first-order chi connectivity index (χ1) is 9.97. The molecule has 2 rings (SSSR count). The molecule has 0 bridgehead atoms. The van der Waals surface area contributed by atoms with Gasteiger partial charge in [-0.05, 0) is 36.4 Å². The summed E-state index contributed by atoms with van der Waals surface area (Å²) in [5, 5.41) is 17.7. The van der Waals surface area contributed by atoms with Crippen LogP contribution in [0, 0.1) is 0 Å². The van der Waals surface area contributed by atoms with E-state index in [4.69, 9.17) is 21.8 Å². The van der Waals surface area contributed by atoms with Gasteiger partial charge in [0.25, 0.3) is 5.91 Å². The summed E-state index contributed by atoms with van der Waals surface area (Å²) >= 11 is 0. The van der Waals surface area contributed by atoms with E-state index in [-0.39, 0.29) is 23.0 Å². The molecule has 0 atom stereocenters. The highest BCUT2D eigenvalue weighted by atomic mass is 16.3. The molecule has 0 saturated carbocycles. The lowest BCUT2D eigenvalue weighted by Gasteiger charge is -1.98. The molecule has 2 aromatic rings. The number of nitrogens with two attached hydrogens (primary N) is 2. The summed E-state index contributed by atoms with van der Waals surface area (Å²) in [7, 11) is 0. The lowest BCUT2D eigenvalue weighted by Crippen LogP contribution is -2.29. The maximum Gasteiger partial charge on any atom is 0.265 e. The number of nitrogen functional groups attached to an aromatic ring is 2. The minimum atomic E-state index is -0.315. The van der Waals surface area contributed by atoms with E-state index in [9.17, 15) is 9.59 Å². The summed E-state index contributed by atoms with van der Waals surface area (Å²) < 4.78 is 0. The van der Waals surface area contributed by atoms with Gasteiger partial charge in [-0.15, -0.1) is 0 Å². The molecule has 7 N–H and O–H groups in total. The number of phenols is 2. The van der Waals surface area contributed by atoms with Crippen molar-refractivity contribution in [3.8, 4) is 11.5 Å². The predicted molar refractivity (Wildman–Crippen MR) is 77.7 cm³/mol. The summed E-state index contributed by atoms with van der Waals surface area (Å²) in [5.74, 6) is 4.34. The highest BCUT2D eigenvalue weighted by Crippen LogP contribution is 2.20. The van der Waals surface area contributed by atoms with Crippen molar-refractivity contribution in [1.29, 1.82) is 0 Å². The van der Waals surface area contributed by atoms with Crippen molar-refractivity contribution < 1.29 is 19.8 Å². The van der Waals surface area contributed by atoms with Crippen molar-refractivity contribution in [2.75, 3.05) is 5.73 Å². The lowest BCUT2D eigenvalue weighted by molar-refractivity contribution is 0.0953. The third kappa shape index (κ3) is 4.84. The van der Waals surface area contributed by atoms with Crippen molar-refractivity contribution in [2.45, 2.75) is 0 Å². The molecule has 0 heterocycles. The molecule has 0 radical (unpaired) electrons. The highest BCUT2D eigenvalue weighted by Gasteiger charge is 2.00. The molecule has 7 nitrogen and oxygen atoms in total. The fourth-order valence-corrected chi connectivity index (χ4v) is 1.35. The maximum absolute atomic E-state index is 10.8. The first-order valence-corrected chi connectivity index (χ1v) is 5.81. The van der Waals surface area contributed by atoms with E-state index in [1.807, 2.05) is 5.43 Å². The average molecular weight is 289 g/mol. The zero-order chi connectivity index (χ0) is 15.8. The number of aromatic hydroxyl groups is 2. The van der Waals surface area contributed by atoms with Gasteiger partial charge in [0.1, 0.15) is 11.5 Å². The first-order valence-electron chi connectivity index (χ1n) is 5.81. The highest BCUT2D eigenvalue weighted by molar-refractivity contribution is 5.93. The Hall–Kier alpha value is -3.06. The third-order valence-electron chi connectivity index (χ3n) is 2.44. The van der Waals surface area contributed by atoms with Crippen molar-refractivity contribution in [3.63, 3.8) is 0 Å². The van der Waals surface area contributed by atoms with E-state index in [1.165, 1.54) is 12.1 Å². The van der Waals surface area contributed by atoms with E-state index in [0.717, 1.165) is 6.07 Å². The van der Waals surface area contributed by atoms with Gasteiger partial charge in [-0.1, -0.05) is 0 Å². The zero-order valence-electron chi connectivity index (χ0n) is 11.0. The average Bonchev–Trinajstić information content (AvgIpc) is 2.48. The minimum absolute atomic E-state index is 0.0527. The lowest BCUT2D eigenvalue weighted by atomic mass is 10.2. The normalized spacial score (nSPS) is 9.19. The monoisotopic (exact) mass is 289 g/mol. The van der Waals surface area contributed by atoms with E-state index >= 15 is 0 Å². The van der Waals surface area contributed by atoms with Crippen molar-refractivity contribution in [2.24, 2.45) is 5.84 Å². The summed E-state index contributed by atoms with van der Waals surface area (Å²) in [4.78, 5) is 20.9. The van der Waals surface area contributed by atoms with Gasteiger partial charge in [-0.2, -0.15) is 0 Å². The van der Waals surface area contributed by atoms with E-state index < -0.39 is 0 Å². The first kappa shape index (κ1) is 16.0. The van der Waals surface area contributed by atoms with Crippen LogP contribution in [0.4, 0.5) is 5.69 Å². The van der Waals surface area contributed by atoms with Gasteiger partial charge in [0, 0.05) is 17.3 Å². The molecule has 0 aromatic heterocycles. The molecule has 0 aliphatic rings. The van der Waals surface area contributed by atoms with Gasteiger partial charge in [-0.3, -0.25) is 15.0 Å². The third-order valence-corrected chi connectivity index (χ3v) is 2.44. The van der Waals surface area contributed by atoms with Crippen LogP contribution in [0.3, 0.4) is 0 Å². The standard InChI is InChI=1S/C7H9N3O.C7H6O3/c8-6-3-1-5(2-4-6)7(11)10-9;8-4-5-1-2-6(9)3-7(5)10/h1-4H,8-9H2,(H,10,11);1-4,9-10H. The molecule has 7 heteroatoms. The quantitative estimate of drug-likeness (QED) is 0.182. The molecule has 110 valence electrons. The predicted octanol–water partition coefficient (Wildman–Crippen LogP) is 0.783. The SMILES string of the molecule is NNC(=O)c1ccc(N)cc1.O=Cc1ccc(O)cc1O. The number of carbonyl (C=O) groups is 2. The number of rotatable bonds is 2. The molecular weight excluding hydrogens is 274 g/mol. The Morgan fingerprint density at radius 2 is 1.71 bits per heavy atom. The van der Waals surface area contributed by atoms with E-state index in [2.05, 4.69) is 0 Å². The van der Waals surface area contributed by atoms with Crippen LogP contribution in [-0.2, 0) is 0 Å². The Morgan fingerprint density at radius 1 is 1.10 bits per heavy atom. The van der Waals surface area contributed by atoms with Gasteiger partial charge >= 0.3 is 0 Å². The molecule has 1 amide bonds. The van der Waals surface area contributed by atoms with Crippen LogP contribution in [0.1, 0.15) is 20.7 Å². The molecule has 0 unspecified atom stereocenters. The number of phenolic OH excluding ortho intramolecular Hbond substituents is 2. The Bertz CT molecular complexity index is 627. The van der Waals surface area contributed by atoms with Crippen LogP contribution >= 0.6 is 0 Å². The zero-order valence-corrected chi connectivity index (χ0v) is 11.0. The summed E-state index contributed by atoms with van der Waals surface area (Å²) in [6.07, 6.45) is 0.523. The number of hydrogen-bond donors (Lipinski definition) is 5. The summed E-state index contributed by atoms with van der Waals surface area (Å²) in [6, 6.07) is 10.3. The van der Waals surface area contributed by atoms with Crippen LogP contribution in [0.25, 0.3) is 0 Å². The van der Waals surface area contributed by atoms with Crippen molar-refractivity contribution >= 4 is 17.9 Å². The molecule has 2 aromatic carbocycles. The molecule has 0 aliphatic carbocycles. The second-order valence-corrected chi connectivity index (χ2v) is 3.96.